The Labute approximate surface area is 68.3 Å². The Morgan fingerprint density at radius 1 is 1.27 bits per heavy atom. The Morgan fingerprint density at radius 3 is 2.00 bits per heavy atom. The van der Waals surface area contributed by atoms with Crippen LogP contribution >= 0.6 is 0 Å². The van der Waals surface area contributed by atoms with Crippen molar-refractivity contribution in [3.05, 3.63) is 0 Å². The van der Waals surface area contributed by atoms with Crippen LogP contribution in [-0.4, -0.2) is 31.7 Å². The zero-order valence-electron chi connectivity index (χ0n) is 7.70. The minimum Gasteiger partial charge on any atom is -0.393 e. The van der Waals surface area contributed by atoms with Crippen LogP contribution in [-0.2, 0) is 9.47 Å². The molecule has 0 saturated carbocycles. The second-order valence-corrected chi connectivity index (χ2v) is 2.67. The molecule has 3 nitrogen and oxygen atoms in total. The van der Waals surface area contributed by atoms with Crippen LogP contribution in [0.3, 0.4) is 0 Å². The molecular weight excluding hydrogens is 144 g/mol. The van der Waals surface area contributed by atoms with Crippen LogP contribution in [0.5, 0.6) is 0 Å². The van der Waals surface area contributed by atoms with E-state index in [2.05, 4.69) is 0 Å². The average molecular weight is 162 g/mol. The smallest absolute Gasteiger partial charge is 0.161 e. The summed E-state index contributed by atoms with van der Waals surface area (Å²) in [5.41, 5.74) is 0. The first-order chi connectivity index (χ1) is 5.17. The van der Waals surface area contributed by atoms with Gasteiger partial charge in [-0.25, -0.2) is 0 Å². The number of hydrogen-bond donors (Lipinski definition) is 1. The van der Waals surface area contributed by atoms with Crippen LogP contribution in [0.25, 0.3) is 0 Å². The van der Waals surface area contributed by atoms with Crippen LogP contribution in [0.2, 0.25) is 0 Å². The molecule has 2 unspecified atom stereocenters. The molecule has 68 valence electrons. The monoisotopic (exact) mass is 162 g/mol. The molecule has 0 heterocycles. The normalized spacial score (nSPS) is 16.9. The molecule has 0 saturated heterocycles. The van der Waals surface area contributed by atoms with Crippen LogP contribution in [0.1, 0.15) is 20.3 Å². The lowest BCUT2D eigenvalue weighted by molar-refractivity contribution is -0.156. The maximum atomic E-state index is 9.40. The summed E-state index contributed by atoms with van der Waals surface area (Å²) in [6.45, 7) is 3.84. The SMILES string of the molecule is CCC(O)C(C)C(OC)OC. The predicted octanol–water partition coefficient (Wildman–Crippen LogP) is 1.01. The quantitative estimate of drug-likeness (QED) is 0.613. The Balaban J connectivity index is 3.86. The van der Waals surface area contributed by atoms with E-state index in [9.17, 15) is 5.11 Å². The molecule has 0 aliphatic carbocycles. The molecular formula is C8H18O3. The molecule has 0 fully saturated rings. The fourth-order valence-electron chi connectivity index (χ4n) is 1.08. The van der Waals surface area contributed by atoms with Crippen molar-refractivity contribution in [1.82, 2.24) is 0 Å². The largest absolute Gasteiger partial charge is 0.393 e. The van der Waals surface area contributed by atoms with Gasteiger partial charge in [-0.15, -0.1) is 0 Å². The maximum Gasteiger partial charge on any atom is 0.161 e. The zero-order chi connectivity index (χ0) is 8.85. The number of ether oxygens (including phenoxy) is 2. The summed E-state index contributed by atoms with van der Waals surface area (Å²) < 4.78 is 10.0. The lowest BCUT2D eigenvalue weighted by Crippen LogP contribution is -2.31. The van der Waals surface area contributed by atoms with E-state index in [0.29, 0.717) is 0 Å². The molecule has 0 aliphatic rings. The summed E-state index contributed by atoms with van der Waals surface area (Å²) in [4.78, 5) is 0. The van der Waals surface area contributed by atoms with Crippen molar-refractivity contribution in [3.63, 3.8) is 0 Å². The standard InChI is InChI=1S/C8H18O3/c1-5-7(9)6(2)8(10-3)11-4/h6-9H,5H2,1-4H3. The summed E-state index contributed by atoms with van der Waals surface area (Å²) in [6, 6.07) is 0. The van der Waals surface area contributed by atoms with Gasteiger partial charge in [0.2, 0.25) is 0 Å². The third-order valence-corrected chi connectivity index (χ3v) is 1.92. The molecule has 0 rings (SSSR count). The van der Waals surface area contributed by atoms with Gasteiger partial charge in [0, 0.05) is 20.1 Å². The highest BCUT2D eigenvalue weighted by Gasteiger charge is 2.22. The van der Waals surface area contributed by atoms with Crippen molar-refractivity contribution >= 4 is 0 Å². The molecule has 2 atom stereocenters. The molecule has 1 N–H and O–H groups in total. The summed E-state index contributed by atoms with van der Waals surface area (Å²) in [5, 5.41) is 9.40. The third kappa shape index (κ3) is 3.18. The Kier molecular flexibility index (Phi) is 5.46. The molecule has 0 aromatic heterocycles. The first-order valence-corrected chi connectivity index (χ1v) is 3.91. The topological polar surface area (TPSA) is 38.7 Å². The third-order valence-electron chi connectivity index (χ3n) is 1.92. The van der Waals surface area contributed by atoms with Gasteiger partial charge >= 0.3 is 0 Å². The van der Waals surface area contributed by atoms with E-state index in [4.69, 9.17) is 9.47 Å². The Hall–Kier alpha value is -0.120. The van der Waals surface area contributed by atoms with Gasteiger partial charge in [-0.1, -0.05) is 13.8 Å². The number of aliphatic hydroxyl groups excluding tert-OH is 1. The van der Waals surface area contributed by atoms with E-state index in [0.717, 1.165) is 6.42 Å². The first kappa shape index (κ1) is 10.9. The Bertz CT molecular complexity index is 91.3. The van der Waals surface area contributed by atoms with Crippen LogP contribution < -0.4 is 0 Å². The lowest BCUT2D eigenvalue weighted by Gasteiger charge is -2.24. The molecule has 0 amide bonds. The highest BCUT2D eigenvalue weighted by atomic mass is 16.7. The Morgan fingerprint density at radius 2 is 1.73 bits per heavy atom. The average Bonchev–Trinajstić information content (AvgIpc) is 2.05. The zero-order valence-corrected chi connectivity index (χ0v) is 7.70. The number of hydrogen-bond acceptors (Lipinski definition) is 3. The van der Waals surface area contributed by atoms with E-state index in [1.54, 1.807) is 14.2 Å². The second kappa shape index (κ2) is 5.52. The second-order valence-electron chi connectivity index (χ2n) is 2.67. The minimum atomic E-state index is -0.347. The van der Waals surface area contributed by atoms with Crippen LogP contribution in [0.4, 0.5) is 0 Å². The van der Waals surface area contributed by atoms with Gasteiger partial charge in [-0.3, -0.25) is 0 Å². The lowest BCUT2D eigenvalue weighted by atomic mass is 10.0. The number of methoxy groups -OCH3 is 2. The summed E-state index contributed by atoms with van der Waals surface area (Å²) >= 11 is 0. The van der Waals surface area contributed by atoms with Crippen molar-refractivity contribution < 1.29 is 14.6 Å². The van der Waals surface area contributed by atoms with Crippen LogP contribution in [0.15, 0.2) is 0 Å². The van der Waals surface area contributed by atoms with Crippen molar-refractivity contribution in [1.29, 1.82) is 0 Å². The number of rotatable bonds is 5. The van der Waals surface area contributed by atoms with E-state index >= 15 is 0 Å². The van der Waals surface area contributed by atoms with Gasteiger partial charge in [0.1, 0.15) is 0 Å². The molecule has 0 radical (unpaired) electrons. The van der Waals surface area contributed by atoms with Gasteiger partial charge < -0.3 is 14.6 Å². The summed E-state index contributed by atoms with van der Waals surface area (Å²) in [5.74, 6) is 0.0231. The van der Waals surface area contributed by atoms with E-state index in [1.165, 1.54) is 0 Å². The first-order valence-electron chi connectivity index (χ1n) is 3.91. The molecule has 0 aromatic carbocycles. The molecule has 11 heavy (non-hydrogen) atoms. The van der Waals surface area contributed by atoms with Gasteiger partial charge in [0.25, 0.3) is 0 Å². The van der Waals surface area contributed by atoms with E-state index in [1.807, 2.05) is 13.8 Å². The summed E-state index contributed by atoms with van der Waals surface area (Å²) in [7, 11) is 3.15. The van der Waals surface area contributed by atoms with Crippen molar-refractivity contribution in [2.75, 3.05) is 14.2 Å². The van der Waals surface area contributed by atoms with Crippen molar-refractivity contribution in [3.8, 4) is 0 Å². The minimum absolute atomic E-state index is 0.0231. The number of aliphatic hydroxyl groups is 1. The molecule has 0 aromatic rings. The van der Waals surface area contributed by atoms with Crippen molar-refractivity contribution in [2.24, 2.45) is 5.92 Å². The molecule has 0 bridgehead atoms. The molecule has 0 spiro atoms. The maximum absolute atomic E-state index is 9.40. The van der Waals surface area contributed by atoms with E-state index in [-0.39, 0.29) is 18.3 Å². The van der Waals surface area contributed by atoms with Gasteiger partial charge in [0.05, 0.1) is 6.10 Å². The van der Waals surface area contributed by atoms with Gasteiger partial charge in [-0.05, 0) is 6.42 Å². The summed E-state index contributed by atoms with van der Waals surface area (Å²) in [6.07, 6.45) is 0.0783. The molecule has 3 heteroatoms. The van der Waals surface area contributed by atoms with E-state index < -0.39 is 0 Å². The van der Waals surface area contributed by atoms with Crippen molar-refractivity contribution in [2.45, 2.75) is 32.7 Å². The fraction of sp³-hybridized carbons (Fsp3) is 1.00. The van der Waals surface area contributed by atoms with Gasteiger partial charge in [0.15, 0.2) is 6.29 Å². The molecule has 0 aliphatic heterocycles. The van der Waals surface area contributed by atoms with Gasteiger partial charge in [-0.2, -0.15) is 0 Å². The highest BCUT2D eigenvalue weighted by molar-refractivity contribution is 4.65. The highest BCUT2D eigenvalue weighted by Crippen LogP contribution is 2.14. The van der Waals surface area contributed by atoms with Crippen LogP contribution in [0, 0.1) is 5.92 Å². The fourth-order valence-corrected chi connectivity index (χ4v) is 1.08. The predicted molar refractivity (Wildman–Crippen MR) is 43.3 cm³/mol.